The Morgan fingerprint density at radius 3 is 2.79 bits per heavy atom. The maximum Gasteiger partial charge on any atom is 0.257 e. The first-order valence-electron chi connectivity index (χ1n) is 8.58. The Bertz CT molecular complexity index is 1020. The van der Waals surface area contributed by atoms with Gasteiger partial charge in [-0.05, 0) is 24.3 Å². The molecule has 1 aliphatic heterocycles. The summed E-state index contributed by atoms with van der Waals surface area (Å²) in [5, 5.41) is 3.80. The zero-order chi connectivity index (χ0) is 19.0. The van der Waals surface area contributed by atoms with Gasteiger partial charge in [-0.15, -0.1) is 12.4 Å². The molecule has 9 heteroatoms. The number of morpholine rings is 1. The third kappa shape index (κ3) is 3.85. The van der Waals surface area contributed by atoms with Gasteiger partial charge in [-0.25, -0.2) is 9.37 Å². The minimum Gasteiger partial charge on any atom is -0.378 e. The predicted octanol–water partition coefficient (Wildman–Crippen LogP) is 4.11. The van der Waals surface area contributed by atoms with Crippen molar-refractivity contribution < 1.29 is 13.9 Å². The van der Waals surface area contributed by atoms with Crippen LogP contribution in [-0.2, 0) is 11.8 Å². The van der Waals surface area contributed by atoms with Crippen molar-refractivity contribution in [3.8, 4) is 0 Å². The fraction of sp³-hybridized carbons (Fsp3) is 0.263. The Labute approximate surface area is 176 Å². The summed E-state index contributed by atoms with van der Waals surface area (Å²) in [6, 6.07) is 6.54. The minimum atomic E-state index is -0.377. The molecule has 1 amide bonds. The van der Waals surface area contributed by atoms with E-state index in [4.69, 9.17) is 4.74 Å². The van der Waals surface area contributed by atoms with E-state index in [0.717, 1.165) is 15.4 Å². The molecule has 0 atom stereocenters. The number of amides is 1. The SMILES string of the molecule is Cl.Cn1ccc2c(Nc3cc(Br)ccc3F)ncc(C(=O)N3CCOCC3)c21. The van der Waals surface area contributed by atoms with Gasteiger partial charge in [0, 0.05) is 42.4 Å². The van der Waals surface area contributed by atoms with Gasteiger partial charge in [-0.3, -0.25) is 4.79 Å². The molecule has 3 aromatic rings. The first-order valence-corrected chi connectivity index (χ1v) is 9.37. The molecule has 6 nitrogen and oxygen atoms in total. The van der Waals surface area contributed by atoms with Gasteiger partial charge in [0.15, 0.2) is 0 Å². The number of carbonyl (C=O) groups excluding carboxylic acids is 1. The molecule has 0 saturated carbocycles. The Morgan fingerprint density at radius 1 is 1.29 bits per heavy atom. The number of anilines is 2. The smallest absolute Gasteiger partial charge is 0.257 e. The van der Waals surface area contributed by atoms with E-state index in [-0.39, 0.29) is 24.1 Å². The van der Waals surface area contributed by atoms with Crippen LogP contribution in [0, 0.1) is 5.82 Å². The van der Waals surface area contributed by atoms with Crippen molar-refractivity contribution in [2.24, 2.45) is 7.05 Å². The normalized spacial score (nSPS) is 14.0. The zero-order valence-electron chi connectivity index (χ0n) is 15.1. The van der Waals surface area contributed by atoms with Crippen LogP contribution in [0.15, 0.2) is 41.1 Å². The molecule has 1 saturated heterocycles. The highest BCUT2D eigenvalue weighted by Gasteiger charge is 2.23. The number of nitrogens with one attached hydrogen (secondary N) is 1. The van der Waals surface area contributed by atoms with Crippen molar-refractivity contribution in [2.75, 3.05) is 31.6 Å². The Kier molecular flexibility index (Phi) is 6.22. The summed E-state index contributed by atoms with van der Waals surface area (Å²) in [5.41, 5.74) is 1.60. The largest absolute Gasteiger partial charge is 0.378 e. The number of rotatable bonds is 3. The van der Waals surface area contributed by atoms with Crippen molar-refractivity contribution >= 4 is 56.7 Å². The summed E-state index contributed by atoms with van der Waals surface area (Å²) in [6.45, 7) is 2.20. The van der Waals surface area contributed by atoms with Gasteiger partial charge in [0.05, 0.1) is 30.0 Å². The molecule has 4 rings (SSSR count). The predicted molar refractivity (Wildman–Crippen MR) is 112 cm³/mol. The molecule has 1 aromatic carbocycles. The number of hydrogen-bond acceptors (Lipinski definition) is 4. The average molecular weight is 470 g/mol. The highest BCUT2D eigenvalue weighted by Crippen LogP contribution is 2.30. The van der Waals surface area contributed by atoms with Crippen LogP contribution < -0.4 is 5.32 Å². The third-order valence-corrected chi connectivity index (χ3v) is 5.11. The van der Waals surface area contributed by atoms with Gasteiger partial charge in [0.1, 0.15) is 11.6 Å². The van der Waals surface area contributed by atoms with Crippen molar-refractivity contribution in [1.29, 1.82) is 0 Å². The molecule has 1 N–H and O–H groups in total. The van der Waals surface area contributed by atoms with Crippen molar-refractivity contribution in [3.63, 3.8) is 0 Å². The van der Waals surface area contributed by atoms with E-state index in [0.29, 0.717) is 43.4 Å². The summed E-state index contributed by atoms with van der Waals surface area (Å²) < 4.78 is 22.1. The maximum absolute atomic E-state index is 14.1. The van der Waals surface area contributed by atoms with E-state index in [1.807, 2.05) is 23.9 Å². The number of aryl methyl sites for hydroxylation is 1. The van der Waals surface area contributed by atoms with E-state index in [1.165, 1.54) is 6.07 Å². The number of nitrogens with zero attached hydrogens (tertiary/aromatic N) is 3. The molecule has 2 aromatic heterocycles. The second kappa shape index (κ2) is 8.46. The van der Waals surface area contributed by atoms with Gasteiger partial charge < -0.3 is 19.5 Å². The van der Waals surface area contributed by atoms with Crippen LogP contribution in [-0.4, -0.2) is 46.7 Å². The molecule has 1 fully saturated rings. The van der Waals surface area contributed by atoms with Crippen LogP contribution >= 0.6 is 28.3 Å². The number of benzene rings is 1. The number of carbonyl (C=O) groups is 1. The average Bonchev–Trinajstić information content (AvgIpc) is 3.07. The van der Waals surface area contributed by atoms with Crippen LogP contribution in [0.5, 0.6) is 0 Å². The van der Waals surface area contributed by atoms with Gasteiger partial charge in [0.2, 0.25) is 0 Å². The molecule has 0 spiro atoms. The zero-order valence-corrected chi connectivity index (χ0v) is 17.5. The molecule has 0 unspecified atom stereocenters. The van der Waals surface area contributed by atoms with Crippen LogP contribution in [0.2, 0.25) is 0 Å². The molecule has 0 aliphatic carbocycles. The van der Waals surface area contributed by atoms with Crippen LogP contribution in [0.1, 0.15) is 10.4 Å². The standard InChI is InChI=1S/C19H18BrFN4O2.ClH/c1-24-5-4-13-17(24)14(19(26)25-6-8-27-9-7-25)11-22-18(13)23-16-10-12(20)2-3-15(16)21;/h2-5,10-11H,6-9H2,1H3,(H,22,23);1H. The Balaban J connectivity index is 0.00000225. The molecule has 1 aliphatic rings. The van der Waals surface area contributed by atoms with Gasteiger partial charge in [-0.1, -0.05) is 15.9 Å². The highest BCUT2D eigenvalue weighted by molar-refractivity contribution is 9.10. The summed E-state index contributed by atoms with van der Waals surface area (Å²) in [7, 11) is 1.88. The van der Waals surface area contributed by atoms with Crippen molar-refractivity contribution in [3.05, 3.63) is 52.5 Å². The summed E-state index contributed by atoms with van der Waals surface area (Å²) >= 11 is 3.35. The number of pyridine rings is 1. The minimum absolute atomic E-state index is 0. The van der Waals surface area contributed by atoms with Gasteiger partial charge in [0.25, 0.3) is 5.91 Å². The monoisotopic (exact) mass is 468 g/mol. The number of ether oxygens (including phenoxy) is 1. The molecule has 148 valence electrons. The Hall–Kier alpha value is -2.16. The molecule has 28 heavy (non-hydrogen) atoms. The second-order valence-electron chi connectivity index (χ2n) is 6.36. The fourth-order valence-corrected chi connectivity index (χ4v) is 3.59. The fourth-order valence-electron chi connectivity index (χ4n) is 3.23. The van der Waals surface area contributed by atoms with E-state index in [1.54, 1.807) is 23.2 Å². The lowest BCUT2D eigenvalue weighted by molar-refractivity contribution is 0.0303. The Morgan fingerprint density at radius 2 is 2.04 bits per heavy atom. The number of halogens is 3. The van der Waals surface area contributed by atoms with Crippen LogP contribution in [0.4, 0.5) is 15.9 Å². The van der Waals surface area contributed by atoms with Crippen molar-refractivity contribution in [1.82, 2.24) is 14.5 Å². The van der Waals surface area contributed by atoms with E-state index in [9.17, 15) is 9.18 Å². The lowest BCUT2D eigenvalue weighted by Gasteiger charge is -2.27. The summed E-state index contributed by atoms with van der Waals surface area (Å²) in [6.07, 6.45) is 3.42. The van der Waals surface area contributed by atoms with Crippen molar-refractivity contribution in [2.45, 2.75) is 0 Å². The van der Waals surface area contributed by atoms with E-state index >= 15 is 0 Å². The number of hydrogen-bond donors (Lipinski definition) is 1. The molecular formula is C19H19BrClFN4O2. The molecule has 3 heterocycles. The summed E-state index contributed by atoms with van der Waals surface area (Å²) in [4.78, 5) is 19.2. The maximum atomic E-state index is 14.1. The third-order valence-electron chi connectivity index (χ3n) is 4.62. The highest BCUT2D eigenvalue weighted by atomic mass is 79.9. The molecular weight excluding hydrogens is 451 g/mol. The number of aromatic nitrogens is 2. The van der Waals surface area contributed by atoms with E-state index < -0.39 is 0 Å². The first kappa shape index (κ1) is 20.6. The number of fused-ring (bicyclic) bond motifs is 1. The van der Waals surface area contributed by atoms with Crippen LogP contribution in [0.25, 0.3) is 10.9 Å². The van der Waals surface area contributed by atoms with Crippen LogP contribution in [0.3, 0.4) is 0 Å². The van der Waals surface area contributed by atoms with Gasteiger partial charge >= 0.3 is 0 Å². The summed E-state index contributed by atoms with van der Waals surface area (Å²) in [5.74, 6) is 0.0523. The second-order valence-corrected chi connectivity index (χ2v) is 7.28. The van der Waals surface area contributed by atoms with Gasteiger partial charge in [-0.2, -0.15) is 0 Å². The molecule has 0 radical (unpaired) electrons. The molecule has 0 bridgehead atoms. The quantitative estimate of drug-likeness (QED) is 0.627. The van der Waals surface area contributed by atoms with E-state index in [2.05, 4.69) is 26.2 Å². The lowest BCUT2D eigenvalue weighted by atomic mass is 10.1. The topological polar surface area (TPSA) is 59.4 Å². The lowest BCUT2D eigenvalue weighted by Crippen LogP contribution is -2.40. The first-order chi connectivity index (χ1) is 13.0.